The molecule has 0 unspecified atom stereocenters. The molecule has 0 aliphatic heterocycles. The van der Waals surface area contributed by atoms with Crippen molar-refractivity contribution in [2.75, 3.05) is 26.8 Å². The molecule has 0 aliphatic carbocycles. The lowest BCUT2D eigenvalue weighted by Gasteiger charge is -2.20. The molecule has 2 amide bonds. The molecular weight excluding hydrogens is 275 g/mol. The number of carbonyl (C=O) groups excluding carboxylic acids is 2. The summed E-state index contributed by atoms with van der Waals surface area (Å²) in [5.74, 6) is -0.540. The minimum Gasteiger partial charge on any atom is -0.383 e. The number of ether oxygens (including phenoxy) is 1. The first-order chi connectivity index (χ1) is 10.0. The molecule has 0 aliphatic rings. The van der Waals surface area contributed by atoms with E-state index < -0.39 is 0 Å². The van der Waals surface area contributed by atoms with Gasteiger partial charge in [-0.1, -0.05) is 12.1 Å². The van der Waals surface area contributed by atoms with E-state index in [4.69, 9.17) is 4.74 Å². The number of halogens is 1. The van der Waals surface area contributed by atoms with Crippen molar-refractivity contribution in [2.24, 2.45) is 0 Å². The van der Waals surface area contributed by atoms with Crippen LogP contribution >= 0.6 is 0 Å². The molecule has 0 radical (unpaired) electrons. The number of nitrogens with one attached hydrogen (secondary N) is 1. The minimum absolute atomic E-state index is 0.0848. The van der Waals surface area contributed by atoms with Gasteiger partial charge < -0.3 is 15.0 Å². The summed E-state index contributed by atoms with van der Waals surface area (Å²) in [6.45, 7) is 3.07. The molecule has 1 N–H and O–H groups in total. The molecule has 0 bridgehead atoms. The van der Waals surface area contributed by atoms with Gasteiger partial charge in [0.15, 0.2) is 0 Å². The van der Waals surface area contributed by atoms with Crippen molar-refractivity contribution < 1.29 is 18.7 Å². The lowest BCUT2D eigenvalue weighted by atomic mass is 10.2. The SMILES string of the molecule is COCCN(CCC(=O)NCc1ccc(F)cc1)C(C)=O. The standard InChI is InChI=1S/C15H21FN2O3/c1-12(19)18(9-10-21-2)8-7-15(20)17-11-13-3-5-14(16)6-4-13/h3-6H,7-11H2,1-2H3,(H,17,20). The van der Waals surface area contributed by atoms with E-state index in [1.807, 2.05) is 0 Å². The fraction of sp³-hybridized carbons (Fsp3) is 0.467. The van der Waals surface area contributed by atoms with Crippen LogP contribution in [0.1, 0.15) is 18.9 Å². The van der Waals surface area contributed by atoms with Gasteiger partial charge in [-0.3, -0.25) is 9.59 Å². The molecule has 0 saturated heterocycles. The average molecular weight is 296 g/mol. The van der Waals surface area contributed by atoms with Gasteiger partial charge in [0.25, 0.3) is 0 Å². The van der Waals surface area contributed by atoms with Crippen molar-refractivity contribution in [2.45, 2.75) is 19.9 Å². The second-order valence-corrected chi connectivity index (χ2v) is 4.65. The molecule has 6 heteroatoms. The summed E-state index contributed by atoms with van der Waals surface area (Å²) in [6, 6.07) is 5.94. The molecule has 0 fully saturated rings. The molecule has 1 aromatic rings. The first-order valence-corrected chi connectivity index (χ1v) is 6.78. The number of rotatable bonds is 8. The third-order valence-electron chi connectivity index (χ3n) is 3.02. The lowest BCUT2D eigenvalue weighted by molar-refractivity contribution is -0.130. The molecule has 1 rings (SSSR count). The van der Waals surface area contributed by atoms with Crippen LogP contribution in [0.2, 0.25) is 0 Å². The second kappa shape index (κ2) is 9.07. The van der Waals surface area contributed by atoms with Crippen molar-refractivity contribution in [1.29, 1.82) is 0 Å². The highest BCUT2D eigenvalue weighted by molar-refractivity contribution is 5.78. The second-order valence-electron chi connectivity index (χ2n) is 4.65. The summed E-state index contributed by atoms with van der Waals surface area (Å²) in [5, 5.41) is 2.74. The van der Waals surface area contributed by atoms with Crippen LogP contribution in [0.5, 0.6) is 0 Å². The predicted octanol–water partition coefficient (Wildman–Crippen LogP) is 1.33. The number of benzene rings is 1. The van der Waals surface area contributed by atoms with E-state index in [0.29, 0.717) is 26.2 Å². The van der Waals surface area contributed by atoms with E-state index in [9.17, 15) is 14.0 Å². The predicted molar refractivity (Wildman–Crippen MR) is 77.0 cm³/mol. The zero-order chi connectivity index (χ0) is 15.7. The van der Waals surface area contributed by atoms with Crippen LogP contribution in [-0.2, 0) is 20.9 Å². The third-order valence-corrected chi connectivity index (χ3v) is 3.02. The van der Waals surface area contributed by atoms with Gasteiger partial charge >= 0.3 is 0 Å². The van der Waals surface area contributed by atoms with E-state index in [2.05, 4.69) is 5.32 Å². The number of carbonyl (C=O) groups is 2. The van der Waals surface area contributed by atoms with Crippen LogP contribution in [0.15, 0.2) is 24.3 Å². The van der Waals surface area contributed by atoms with Gasteiger partial charge in [0.05, 0.1) is 6.61 Å². The zero-order valence-corrected chi connectivity index (χ0v) is 12.4. The summed E-state index contributed by atoms with van der Waals surface area (Å²) in [7, 11) is 1.56. The van der Waals surface area contributed by atoms with Crippen molar-refractivity contribution in [1.82, 2.24) is 10.2 Å². The number of nitrogens with zero attached hydrogens (tertiary/aromatic N) is 1. The normalized spacial score (nSPS) is 10.2. The van der Waals surface area contributed by atoms with Crippen molar-refractivity contribution >= 4 is 11.8 Å². The monoisotopic (exact) mass is 296 g/mol. The molecule has 0 heterocycles. The fourth-order valence-corrected chi connectivity index (χ4v) is 1.76. The Labute approximate surface area is 124 Å². The van der Waals surface area contributed by atoms with Gasteiger partial charge in [0.2, 0.25) is 11.8 Å². The third kappa shape index (κ3) is 6.85. The molecule has 0 saturated carbocycles. The topological polar surface area (TPSA) is 58.6 Å². The summed E-state index contributed by atoms with van der Waals surface area (Å²) >= 11 is 0. The number of methoxy groups -OCH3 is 1. The summed E-state index contributed by atoms with van der Waals surface area (Å²) in [4.78, 5) is 24.7. The van der Waals surface area contributed by atoms with Gasteiger partial charge in [-0.05, 0) is 17.7 Å². The zero-order valence-electron chi connectivity index (χ0n) is 12.4. The lowest BCUT2D eigenvalue weighted by Crippen LogP contribution is -2.35. The van der Waals surface area contributed by atoms with Gasteiger partial charge in [-0.25, -0.2) is 4.39 Å². The first kappa shape index (κ1) is 17.1. The molecule has 116 valence electrons. The maximum atomic E-state index is 12.7. The van der Waals surface area contributed by atoms with Crippen molar-refractivity contribution in [3.63, 3.8) is 0 Å². The largest absolute Gasteiger partial charge is 0.383 e. The number of hydrogen-bond acceptors (Lipinski definition) is 3. The average Bonchev–Trinajstić information content (AvgIpc) is 2.46. The first-order valence-electron chi connectivity index (χ1n) is 6.78. The Kier molecular flexibility index (Phi) is 7.39. The van der Waals surface area contributed by atoms with Gasteiger partial charge in [0, 0.05) is 40.1 Å². The van der Waals surface area contributed by atoms with Crippen molar-refractivity contribution in [3.8, 4) is 0 Å². The fourth-order valence-electron chi connectivity index (χ4n) is 1.76. The highest BCUT2D eigenvalue weighted by atomic mass is 19.1. The summed E-state index contributed by atoms with van der Waals surface area (Å²) in [6.07, 6.45) is 0.227. The molecule has 21 heavy (non-hydrogen) atoms. The Morgan fingerprint density at radius 3 is 2.48 bits per heavy atom. The van der Waals surface area contributed by atoms with Gasteiger partial charge in [0.1, 0.15) is 5.82 Å². The molecule has 5 nitrogen and oxygen atoms in total. The van der Waals surface area contributed by atoms with Gasteiger partial charge in [-0.15, -0.1) is 0 Å². The van der Waals surface area contributed by atoms with E-state index in [0.717, 1.165) is 5.56 Å². The molecule has 1 aromatic carbocycles. The van der Waals surface area contributed by atoms with E-state index >= 15 is 0 Å². The van der Waals surface area contributed by atoms with E-state index in [1.54, 1.807) is 24.1 Å². The van der Waals surface area contributed by atoms with Crippen LogP contribution in [-0.4, -0.2) is 43.5 Å². The molecule has 0 aromatic heterocycles. The minimum atomic E-state index is -0.305. The summed E-state index contributed by atoms with van der Waals surface area (Å²) in [5.41, 5.74) is 0.826. The Morgan fingerprint density at radius 1 is 1.24 bits per heavy atom. The maximum absolute atomic E-state index is 12.7. The highest BCUT2D eigenvalue weighted by Crippen LogP contribution is 2.02. The quantitative estimate of drug-likeness (QED) is 0.787. The van der Waals surface area contributed by atoms with Crippen LogP contribution < -0.4 is 5.32 Å². The van der Waals surface area contributed by atoms with E-state index in [1.165, 1.54) is 19.1 Å². The Bertz CT molecular complexity index is 462. The van der Waals surface area contributed by atoms with Crippen LogP contribution in [0, 0.1) is 5.82 Å². The van der Waals surface area contributed by atoms with Crippen molar-refractivity contribution in [3.05, 3.63) is 35.6 Å². The Balaban J connectivity index is 2.32. The van der Waals surface area contributed by atoms with Crippen LogP contribution in [0.25, 0.3) is 0 Å². The highest BCUT2D eigenvalue weighted by Gasteiger charge is 2.10. The number of amides is 2. The maximum Gasteiger partial charge on any atom is 0.222 e. The molecule has 0 spiro atoms. The molecular formula is C15H21FN2O3. The van der Waals surface area contributed by atoms with E-state index in [-0.39, 0.29) is 24.1 Å². The Morgan fingerprint density at radius 2 is 1.90 bits per heavy atom. The van der Waals surface area contributed by atoms with Gasteiger partial charge in [-0.2, -0.15) is 0 Å². The number of hydrogen-bond donors (Lipinski definition) is 1. The smallest absolute Gasteiger partial charge is 0.222 e. The molecule has 0 atom stereocenters. The van der Waals surface area contributed by atoms with Crippen LogP contribution in [0.4, 0.5) is 4.39 Å². The Hall–Kier alpha value is -1.95. The van der Waals surface area contributed by atoms with Crippen LogP contribution in [0.3, 0.4) is 0 Å². The summed E-state index contributed by atoms with van der Waals surface area (Å²) < 4.78 is 17.7.